The van der Waals surface area contributed by atoms with Crippen LogP contribution in [0.5, 0.6) is 0 Å². The van der Waals surface area contributed by atoms with Gasteiger partial charge in [-0.2, -0.15) is 0 Å². The molecule has 1 rings (SSSR count). The topological polar surface area (TPSA) is 78.9 Å². The smallest absolute Gasteiger partial charge is 0.317 e. The molecule has 17 heavy (non-hydrogen) atoms. The van der Waals surface area contributed by atoms with Crippen LogP contribution in [0.15, 0.2) is 0 Å². The molecule has 2 amide bonds. The van der Waals surface area contributed by atoms with Crippen molar-refractivity contribution < 1.29 is 19.4 Å². The van der Waals surface area contributed by atoms with Crippen LogP contribution < -0.4 is 5.32 Å². The second kappa shape index (κ2) is 6.44. The zero-order valence-electron chi connectivity index (χ0n) is 10.3. The third kappa shape index (κ3) is 4.60. The summed E-state index contributed by atoms with van der Waals surface area (Å²) in [6.45, 7) is 5.41. The zero-order valence-corrected chi connectivity index (χ0v) is 10.3. The lowest BCUT2D eigenvalue weighted by molar-refractivity contribution is -0.137. The number of carboxylic acid groups (broad SMARTS) is 1. The first-order valence-corrected chi connectivity index (χ1v) is 5.91. The highest BCUT2D eigenvalue weighted by molar-refractivity contribution is 5.76. The van der Waals surface area contributed by atoms with E-state index in [0.717, 1.165) is 0 Å². The van der Waals surface area contributed by atoms with E-state index in [1.807, 2.05) is 13.8 Å². The fourth-order valence-corrected chi connectivity index (χ4v) is 1.78. The Labute approximate surface area is 101 Å². The van der Waals surface area contributed by atoms with Crippen LogP contribution in [0.1, 0.15) is 26.7 Å². The van der Waals surface area contributed by atoms with Gasteiger partial charge in [-0.3, -0.25) is 4.79 Å². The maximum Gasteiger partial charge on any atom is 0.317 e. The van der Waals surface area contributed by atoms with E-state index >= 15 is 0 Å². The van der Waals surface area contributed by atoms with Gasteiger partial charge in [-0.1, -0.05) is 6.92 Å². The number of nitrogens with one attached hydrogen (secondary N) is 1. The molecule has 0 radical (unpaired) electrons. The molecule has 0 aromatic carbocycles. The molecule has 1 saturated heterocycles. The highest BCUT2D eigenvalue weighted by atomic mass is 16.5. The Kier molecular flexibility index (Phi) is 5.21. The first kappa shape index (κ1) is 13.8. The van der Waals surface area contributed by atoms with E-state index in [1.165, 1.54) is 0 Å². The van der Waals surface area contributed by atoms with Crippen LogP contribution >= 0.6 is 0 Å². The number of carbonyl (C=O) groups is 2. The van der Waals surface area contributed by atoms with Gasteiger partial charge < -0.3 is 20.1 Å². The molecule has 1 fully saturated rings. The summed E-state index contributed by atoms with van der Waals surface area (Å²) in [6.07, 6.45) is 0.606. The van der Waals surface area contributed by atoms with Crippen LogP contribution in [0.3, 0.4) is 0 Å². The van der Waals surface area contributed by atoms with Gasteiger partial charge in [-0.25, -0.2) is 4.79 Å². The molecule has 2 unspecified atom stereocenters. The molecule has 0 aliphatic carbocycles. The number of rotatable bonds is 4. The molecule has 1 aliphatic rings. The SMILES string of the molecule is CCC(CC(=O)O)NC(=O)N1CCOC(C)C1. The number of nitrogens with zero attached hydrogens (tertiary/aromatic N) is 1. The fraction of sp³-hybridized carbons (Fsp3) is 0.818. The van der Waals surface area contributed by atoms with Crippen molar-refractivity contribution in [1.82, 2.24) is 10.2 Å². The first-order chi connectivity index (χ1) is 8.02. The molecule has 2 N–H and O–H groups in total. The van der Waals surface area contributed by atoms with E-state index in [-0.39, 0.29) is 24.6 Å². The summed E-state index contributed by atoms with van der Waals surface area (Å²) in [5, 5.41) is 11.4. The third-order valence-electron chi connectivity index (χ3n) is 2.77. The van der Waals surface area contributed by atoms with E-state index in [1.54, 1.807) is 4.90 Å². The summed E-state index contributed by atoms with van der Waals surface area (Å²) in [4.78, 5) is 24.1. The molecule has 1 aliphatic heterocycles. The average Bonchev–Trinajstić information content (AvgIpc) is 2.27. The first-order valence-electron chi connectivity index (χ1n) is 5.91. The number of hydrogen-bond acceptors (Lipinski definition) is 3. The van der Waals surface area contributed by atoms with Crippen molar-refractivity contribution in [2.24, 2.45) is 0 Å². The van der Waals surface area contributed by atoms with E-state index in [4.69, 9.17) is 9.84 Å². The molecule has 0 aromatic rings. The lowest BCUT2D eigenvalue weighted by Crippen LogP contribution is -2.51. The lowest BCUT2D eigenvalue weighted by Gasteiger charge is -2.32. The molecule has 98 valence electrons. The number of aliphatic carboxylic acids is 1. The Morgan fingerprint density at radius 2 is 2.29 bits per heavy atom. The predicted molar refractivity (Wildman–Crippen MR) is 61.9 cm³/mol. The number of ether oxygens (including phenoxy) is 1. The van der Waals surface area contributed by atoms with Gasteiger partial charge in [0, 0.05) is 19.1 Å². The van der Waals surface area contributed by atoms with E-state index in [0.29, 0.717) is 26.1 Å². The predicted octanol–water partition coefficient (Wildman–Crippen LogP) is 0.670. The van der Waals surface area contributed by atoms with Crippen molar-refractivity contribution in [2.75, 3.05) is 19.7 Å². The largest absolute Gasteiger partial charge is 0.481 e. The van der Waals surface area contributed by atoms with Crippen LogP contribution in [0, 0.1) is 0 Å². The number of morpholine rings is 1. The summed E-state index contributed by atoms with van der Waals surface area (Å²) < 4.78 is 5.34. The van der Waals surface area contributed by atoms with Crippen molar-refractivity contribution in [3.05, 3.63) is 0 Å². The van der Waals surface area contributed by atoms with Crippen LogP contribution in [0.25, 0.3) is 0 Å². The third-order valence-corrected chi connectivity index (χ3v) is 2.77. The van der Waals surface area contributed by atoms with Gasteiger partial charge in [0.15, 0.2) is 0 Å². The van der Waals surface area contributed by atoms with Crippen LogP contribution in [-0.4, -0.2) is 53.8 Å². The standard InChI is InChI=1S/C11H20N2O4/c1-3-9(6-10(14)15)12-11(16)13-4-5-17-8(2)7-13/h8-9H,3-7H2,1-2H3,(H,12,16)(H,14,15). The number of hydrogen-bond donors (Lipinski definition) is 2. The molecular formula is C11H20N2O4. The normalized spacial score (nSPS) is 22.0. The zero-order chi connectivity index (χ0) is 12.8. The van der Waals surface area contributed by atoms with Gasteiger partial charge >= 0.3 is 12.0 Å². The number of carbonyl (C=O) groups excluding carboxylic acids is 1. The molecular weight excluding hydrogens is 224 g/mol. The van der Waals surface area contributed by atoms with Crippen LogP contribution in [-0.2, 0) is 9.53 Å². The Morgan fingerprint density at radius 1 is 1.59 bits per heavy atom. The maximum absolute atomic E-state index is 11.9. The van der Waals surface area contributed by atoms with Gasteiger partial charge in [0.25, 0.3) is 0 Å². The molecule has 1 heterocycles. The molecule has 0 bridgehead atoms. The van der Waals surface area contributed by atoms with Gasteiger partial charge in [0.1, 0.15) is 0 Å². The molecule has 0 aromatic heterocycles. The summed E-state index contributed by atoms with van der Waals surface area (Å²) in [6, 6.07) is -0.508. The number of amides is 2. The minimum atomic E-state index is -0.896. The lowest BCUT2D eigenvalue weighted by atomic mass is 10.1. The minimum Gasteiger partial charge on any atom is -0.481 e. The minimum absolute atomic E-state index is 0.0362. The van der Waals surface area contributed by atoms with Crippen molar-refractivity contribution >= 4 is 12.0 Å². The quantitative estimate of drug-likeness (QED) is 0.762. The second-order valence-corrected chi connectivity index (χ2v) is 4.28. The second-order valence-electron chi connectivity index (χ2n) is 4.28. The van der Waals surface area contributed by atoms with Crippen molar-refractivity contribution in [2.45, 2.75) is 38.8 Å². The molecule has 0 saturated carbocycles. The Hall–Kier alpha value is -1.30. The fourth-order valence-electron chi connectivity index (χ4n) is 1.78. The molecule has 6 heteroatoms. The average molecular weight is 244 g/mol. The van der Waals surface area contributed by atoms with Gasteiger partial charge in [0.2, 0.25) is 0 Å². The van der Waals surface area contributed by atoms with E-state index in [9.17, 15) is 9.59 Å². The number of urea groups is 1. The Balaban J connectivity index is 2.43. The van der Waals surface area contributed by atoms with Crippen molar-refractivity contribution in [3.63, 3.8) is 0 Å². The van der Waals surface area contributed by atoms with E-state index < -0.39 is 5.97 Å². The van der Waals surface area contributed by atoms with Crippen molar-refractivity contribution in [3.8, 4) is 0 Å². The summed E-state index contributed by atoms with van der Waals surface area (Å²) >= 11 is 0. The Morgan fingerprint density at radius 3 is 2.82 bits per heavy atom. The summed E-state index contributed by atoms with van der Waals surface area (Å²) in [5.41, 5.74) is 0. The van der Waals surface area contributed by atoms with Gasteiger partial charge in [-0.15, -0.1) is 0 Å². The van der Waals surface area contributed by atoms with Crippen LogP contribution in [0.4, 0.5) is 4.79 Å². The molecule has 2 atom stereocenters. The summed E-state index contributed by atoms with van der Waals surface area (Å²) in [5.74, 6) is -0.896. The molecule has 6 nitrogen and oxygen atoms in total. The highest BCUT2D eigenvalue weighted by Crippen LogP contribution is 2.06. The van der Waals surface area contributed by atoms with Gasteiger partial charge in [0.05, 0.1) is 19.1 Å². The monoisotopic (exact) mass is 244 g/mol. The van der Waals surface area contributed by atoms with Gasteiger partial charge in [-0.05, 0) is 13.3 Å². The molecule has 0 spiro atoms. The van der Waals surface area contributed by atoms with Crippen molar-refractivity contribution in [1.29, 1.82) is 0 Å². The Bertz CT molecular complexity index is 283. The summed E-state index contributed by atoms with van der Waals surface area (Å²) in [7, 11) is 0. The van der Waals surface area contributed by atoms with Crippen LogP contribution in [0.2, 0.25) is 0 Å². The highest BCUT2D eigenvalue weighted by Gasteiger charge is 2.23. The number of carboxylic acids is 1. The maximum atomic E-state index is 11.9. The van der Waals surface area contributed by atoms with E-state index in [2.05, 4.69) is 5.32 Å².